The lowest BCUT2D eigenvalue weighted by Gasteiger charge is -2.56. The van der Waals surface area contributed by atoms with Gasteiger partial charge in [0.25, 0.3) is 5.91 Å². The molecule has 2 unspecified atom stereocenters. The molecule has 0 radical (unpaired) electrons. The second-order valence-corrected chi connectivity index (χ2v) is 12.9. The number of thioether (sulfide) groups is 1. The van der Waals surface area contributed by atoms with Crippen molar-refractivity contribution in [1.29, 1.82) is 0 Å². The molecular weight excluding hydrogens is 468 g/mol. The first-order chi connectivity index (χ1) is 17.4. The van der Waals surface area contributed by atoms with Crippen LogP contribution in [0.4, 0.5) is 0 Å². The van der Waals surface area contributed by atoms with Gasteiger partial charge in [0.05, 0.1) is 28.5 Å². The van der Waals surface area contributed by atoms with Crippen molar-refractivity contribution in [1.82, 2.24) is 14.7 Å². The molecule has 4 bridgehead atoms. The highest BCUT2D eigenvalue weighted by Gasteiger charge is 2.53. The first-order valence-electron chi connectivity index (χ1n) is 13.5. The van der Waals surface area contributed by atoms with E-state index in [2.05, 4.69) is 60.3 Å². The number of ether oxygens (including phenoxy) is 1. The fourth-order valence-corrected chi connectivity index (χ4v) is 8.95. The second-order valence-electron chi connectivity index (χ2n) is 11.9. The summed E-state index contributed by atoms with van der Waals surface area (Å²) in [5.74, 6) is 2.37. The van der Waals surface area contributed by atoms with Gasteiger partial charge in [0.1, 0.15) is 0 Å². The van der Waals surface area contributed by atoms with E-state index in [1.54, 1.807) is 0 Å². The number of hydrogen-bond acceptors (Lipinski definition) is 5. The number of carbonyl (C=O) groups excluding carboxylic acids is 1. The van der Waals surface area contributed by atoms with E-state index in [9.17, 15) is 4.79 Å². The molecule has 2 aromatic rings. The minimum atomic E-state index is -0.134. The summed E-state index contributed by atoms with van der Waals surface area (Å²) < 4.78 is 7.91. The van der Waals surface area contributed by atoms with E-state index in [0.717, 1.165) is 47.3 Å². The van der Waals surface area contributed by atoms with Crippen LogP contribution in [-0.2, 0) is 14.9 Å². The van der Waals surface area contributed by atoms with Gasteiger partial charge < -0.3 is 9.64 Å². The van der Waals surface area contributed by atoms with Crippen LogP contribution in [0, 0.1) is 17.8 Å². The van der Waals surface area contributed by atoms with Crippen LogP contribution in [0.2, 0.25) is 0 Å². The summed E-state index contributed by atoms with van der Waals surface area (Å²) in [5.41, 5.74) is 3.50. The van der Waals surface area contributed by atoms with Crippen LogP contribution in [0.1, 0.15) is 63.6 Å². The monoisotopic (exact) mass is 502 g/mol. The van der Waals surface area contributed by atoms with Gasteiger partial charge in [-0.25, -0.2) is 4.68 Å². The highest BCUT2D eigenvalue weighted by Crippen LogP contribution is 2.61. The van der Waals surface area contributed by atoms with Gasteiger partial charge in [-0.15, -0.1) is 0 Å². The average molecular weight is 503 g/mol. The minimum absolute atomic E-state index is 0.131. The zero-order chi connectivity index (χ0) is 24.4. The summed E-state index contributed by atoms with van der Waals surface area (Å²) in [6, 6.07) is 10.4. The molecule has 7 heteroatoms. The van der Waals surface area contributed by atoms with Crippen LogP contribution in [0.3, 0.4) is 0 Å². The van der Waals surface area contributed by atoms with Gasteiger partial charge >= 0.3 is 0 Å². The van der Waals surface area contributed by atoms with Crippen molar-refractivity contribution >= 4 is 28.9 Å². The Labute approximate surface area is 217 Å². The summed E-state index contributed by atoms with van der Waals surface area (Å²) in [7, 11) is 0. The van der Waals surface area contributed by atoms with Crippen molar-refractivity contribution in [3.05, 3.63) is 52.7 Å². The minimum Gasteiger partial charge on any atom is -0.372 e. The lowest BCUT2D eigenvalue weighted by atomic mass is 9.48. The maximum absolute atomic E-state index is 13.1. The first-order valence-corrected chi connectivity index (χ1v) is 14.3. The molecule has 3 heterocycles. The van der Waals surface area contributed by atoms with Crippen LogP contribution in [0.25, 0.3) is 11.8 Å². The van der Waals surface area contributed by atoms with Crippen molar-refractivity contribution in [3.63, 3.8) is 0 Å². The molecular formula is C29H34N4O2S. The van der Waals surface area contributed by atoms with Gasteiger partial charge in [0, 0.05) is 30.3 Å². The van der Waals surface area contributed by atoms with Gasteiger partial charge in [-0.2, -0.15) is 10.1 Å². The molecule has 1 amide bonds. The van der Waals surface area contributed by atoms with Crippen molar-refractivity contribution in [2.75, 3.05) is 13.1 Å². The van der Waals surface area contributed by atoms with E-state index in [1.807, 2.05) is 10.7 Å². The smallest absolute Gasteiger partial charge is 0.286 e. The van der Waals surface area contributed by atoms with E-state index < -0.39 is 0 Å². The molecule has 188 valence electrons. The van der Waals surface area contributed by atoms with Gasteiger partial charge in [0.15, 0.2) is 5.17 Å². The molecule has 8 rings (SSSR count). The van der Waals surface area contributed by atoms with Crippen LogP contribution >= 0.6 is 11.8 Å². The fourth-order valence-electron chi connectivity index (χ4n) is 8.03. The third kappa shape index (κ3) is 3.95. The standard InChI is InChI=1S/C29H34N4O2S/c1-18-15-32(16-19(2)35-18)28-30-27(34)25(36-28)11-23-17-33(24-6-4-3-5-7-24)31-26(23)29-12-20-8-21(13-29)10-22(9-20)14-29/h3-7,11,17-22H,8-10,12-16H2,1-2H3. The number of amidine groups is 1. The van der Waals surface area contributed by atoms with E-state index in [4.69, 9.17) is 9.84 Å². The Morgan fingerprint density at radius 2 is 1.64 bits per heavy atom. The Morgan fingerprint density at radius 1 is 1.00 bits per heavy atom. The zero-order valence-electron chi connectivity index (χ0n) is 21.1. The summed E-state index contributed by atoms with van der Waals surface area (Å²) in [5, 5.41) is 6.06. The van der Waals surface area contributed by atoms with Crippen LogP contribution in [0.15, 0.2) is 46.4 Å². The van der Waals surface area contributed by atoms with Crippen molar-refractivity contribution in [3.8, 4) is 5.69 Å². The maximum atomic E-state index is 13.1. The van der Waals surface area contributed by atoms with E-state index in [-0.39, 0.29) is 23.5 Å². The molecule has 5 fully saturated rings. The Morgan fingerprint density at radius 3 is 2.28 bits per heavy atom. The van der Waals surface area contributed by atoms with Crippen molar-refractivity contribution < 1.29 is 9.53 Å². The normalized spacial score (nSPS) is 36.7. The third-order valence-corrected chi connectivity index (χ3v) is 9.93. The lowest BCUT2D eigenvalue weighted by molar-refractivity contribution is -0.113. The number of benzene rings is 1. The van der Waals surface area contributed by atoms with Crippen LogP contribution in [-0.4, -0.2) is 51.1 Å². The second kappa shape index (κ2) is 8.59. The third-order valence-electron chi connectivity index (χ3n) is 8.89. The predicted molar refractivity (Wildman–Crippen MR) is 143 cm³/mol. The molecule has 4 aliphatic carbocycles. The number of nitrogens with zero attached hydrogens (tertiary/aromatic N) is 4. The molecule has 0 N–H and O–H groups in total. The van der Waals surface area contributed by atoms with Gasteiger partial charge in [-0.3, -0.25) is 4.79 Å². The Hall–Kier alpha value is -2.38. The van der Waals surface area contributed by atoms with Gasteiger partial charge in [-0.05, 0) is 100 Å². The summed E-state index contributed by atoms with van der Waals surface area (Å²) in [6.45, 7) is 5.69. The van der Waals surface area contributed by atoms with E-state index in [0.29, 0.717) is 4.91 Å². The highest BCUT2D eigenvalue weighted by atomic mass is 32.2. The van der Waals surface area contributed by atoms with Crippen LogP contribution in [0.5, 0.6) is 0 Å². The van der Waals surface area contributed by atoms with Gasteiger partial charge in [0.2, 0.25) is 0 Å². The zero-order valence-corrected chi connectivity index (χ0v) is 21.9. The van der Waals surface area contributed by atoms with Crippen molar-refractivity contribution in [2.45, 2.75) is 70.0 Å². The first kappa shape index (κ1) is 22.8. The topological polar surface area (TPSA) is 59.7 Å². The summed E-state index contributed by atoms with van der Waals surface area (Å²) in [6.07, 6.45) is 12.4. The number of morpholine rings is 1. The number of para-hydroxylation sites is 1. The maximum Gasteiger partial charge on any atom is 0.286 e. The molecule has 1 aromatic carbocycles. The number of aliphatic imine (C=N–C) groups is 1. The quantitative estimate of drug-likeness (QED) is 0.525. The summed E-state index contributed by atoms with van der Waals surface area (Å²) in [4.78, 5) is 20.4. The fraction of sp³-hybridized carbons (Fsp3) is 0.552. The lowest BCUT2D eigenvalue weighted by Crippen LogP contribution is -2.49. The number of carbonyl (C=O) groups is 1. The van der Waals surface area contributed by atoms with E-state index >= 15 is 0 Å². The molecule has 2 aliphatic heterocycles. The number of aromatic nitrogens is 2. The average Bonchev–Trinajstić information content (AvgIpc) is 3.43. The molecule has 6 nitrogen and oxygen atoms in total. The SMILES string of the molecule is CC1CN(C2=NC(=O)C(=Cc3cn(-c4ccccc4)nc3C34CC5CC(CC(C5)C3)C4)S2)CC(C)O1. The molecule has 1 aromatic heterocycles. The molecule has 36 heavy (non-hydrogen) atoms. The Kier molecular flexibility index (Phi) is 5.44. The number of rotatable bonds is 3. The molecule has 6 aliphatic rings. The number of amides is 1. The Balaban J connectivity index is 1.25. The summed E-state index contributed by atoms with van der Waals surface area (Å²) >= 11 is 1.51. The van der Waals surface area contributed by atoms with Gasteiger partial charge in [-0.1, -0.05) is 18.2 Å². The predicted octanol–water partition coefficient (Wildman–Crippen LogP) is 5.42. The number of hydrogen-bond donors (Lipinski definition) is 0. The molecule has 0 spiro atoms. The Bertz CT molecular complexity index is 1200. The molecule has 2 atom stereocenters. The molecule has 4 saturated carbocycles. The highest BCUT2D eigenvalue weighted by molar-refractivity contribution is 8.18. The van der Waals surface area contributed by atoms with Crippen LogP contribution < -0.4 is 0 Å². The van der Waals surface area contributed by atoms with Crippen molar-refractivity contribution in [2.24, 2.45) is 22.7 Å². The molecule has 1 saturated heterocycles. The largest absolute Gasteiger partial charge is 0.372 e. The van der Waals surface area contributed by atoms with E-state index in [1.165, 1.54) is 56.0 Å².